The normalized spacial score (nSPS) is 16.8. The third-order valence-electron chi connectivity index (χ3n) is 4.53. The third kappa shape index (κ3) is 5.59. The number of piperidine rings is 1. The fraction of sp³-hybridized carbons (Fsp3) is 0.667. The molecule has 0 bridgehead atoms. The average molecular weight is 306 g/mol. The standard InChI is InChI=1S/C18H30N2O2/c21-13-5-1-4-10-19-18-7-3-2-6-17(18)14-20-11-8-16(15-22)9-12-20/h2-3,6-7,16,19,21-22H,1,4-5,8-15H2. The fourth-order valence-corrected chi connectivity index (χ4v) is 3.04. The predicted octanol–water partition coefficient (Wildman–Crippen LogP) is 2.47. The lowest BCUT2D eigenvalue weighted by Crippen LogP contribution is -2.34. The van der Waals surface area contributed by atoms with E-state index in [0.29, 0.717) is 19.1 Å². The second-order valence-corrected chi connectivity index (χ2v) is 6.27. The van der Waals surface area contributed by atoms with E-state index in [2.05, 4.69) is 34.5 Å². The Bertz CT molecular complexity index is 417. The van der Waals surface area contributed by atoms with Gasteiger partial charge in [-0.1, -0.05) is 18.2 Å². The van der Waals surface area contributed by atoms with Crippen molar-refractivity contribution in [1.29, 1.82) is 0 Å². The van der Waals surface area contributed by atoms with Gasteiger partial charge in [-0.25, -0.2) is 0 Å². The van der Waals surface area contributed by atoms with Crippen molar-refractivity contribution >= 4 is 5.69 Å². The number of para-hydroxylation sites is 1. The van der Waals surface area contributed by atoms with E-state index in [1.807, 2.05) is 0 Å². The van der Waals surface area contributed by atoms with Crippen LogP contribution in [0.4, 0.5) is 5.69 Å². The van der Waals surface area contributed by atoms with Gasteiger partial charge in [-0.05, 0) is 62.7 Å². The molecule has 0 atom stereocenters. The van der Waals surface area contributed by atoms with Gasteiger partial charge in [0.05, 0.1) is 0 Å². The van der Waals surface area contributed by atoms with Gasteiger partial charge in [0.1, 0.15) is 0 Å². The number of rotatable bonds is 9. The number of anilines is 1. The Morgan fingerprint density at radius 1 is 1.05 bits per heavy atom. The molecule has 0 amide bonds. The van der Waals surface area contributed by atoms with Crippen molar-refractivity contribution in [2.45, 2.75) is 38.6 Å². The SMILES string of the molecule is OCCCCCNc1ccccc1CN1CCC(CO)CC1. The molecule has 2 rings (SSSR count). The van der Waals surface area contributed by atoms with Gasteiger partial charge < -0.3 is 15.5 Å². The minimum atomic E-state index is 0.292. The number of aliphatic hydroxyl groups is 2. The summed E-state index contributed by atoms with van der Waals surface area (Å²) in [6.07, 6.45) is 5.26. The van der Waals surface area contributed by atoms with Crippen molar-refractivity contribution in [3.05, 3.63) is 29.8 Å². The van der Waals surface area contributed by atoms with Crippen molar-refractivity contribution < 1.29 is 10.2 Å². The van der Waals surface area contributed by atoms with Crippen LogP contribution >= 0.6 is 0 Å². The van der Waals surface area contributed by atoms with Gasteiger partial charge in [0.15, 0.2) is 0 Å². The van der Waals surface area contributed by atoms with Crippen molar-refractivity contribution in [1.82, 2.24) is 4.90 Å². The van der Waals surface area contributed by atoms with E-state index in [1.54, 1.807) is 0 Å². The molecule has 22 heavy (non-hydrogen) atoms. The summed E-state index contributed by atoms with van der Waals surface area (Å²) in [4.78, 5) is 2.48. The highest BCUT2D eigenvalue weighted by Gasteiger charge is 2.19. The molecule has 4 nitrogen and oxygen atoms in total. The van der Waals surface area contributed by atoms with E-state index in [1.165, 1.54) is 11.3 Å². The van der Waals surface area contributed by atoms with E-state index in [4.69, 9.17) is 5.11 Å². The van der Waals surface area contributed by atoms with E-state index >= 15 is 0 Å². The quantitative estimate of drug-likeness (QED) is 0.614. The number of nitrogens with one attached hydrogen (secondary N) is 1. The summed E-state index contributed by atoms with van der Waals surface area (Å²) in [5.74, 6) is 0.496. The number of hydrogen-bond acceptors (Lipinski definition) is 4. The first-order chi connectivity index (χ1) is 10.8. The number of hydrogen-bond donors (Lipinski definition) is 3. The van der Waals surface area contributed by atoms with Crippen molar-refractivity contribution in [2.75, 3.05) is 38.2 Å². The molecule has 3 N–H and O–H groups in total. The molecule has 1 fully saturated rings. The number of nitrogens with zero attached hydrogens (tertiary/aromatic N) is 1. The van der Waals surface area contributed by atoms with E-state index in [0.717, 1.165) is 58.3 Å². The maximum atomic E-state index is 9.23. The highest BCUT2D eigenvalue weighted by molar-refractivity contribution is 5.51. The number of unbranched alkanes of at least 4 members (excludes halogenated alkanes) is 2. The van der Waals surface area contributed by atoms with Crippen LogP contribution in [0.1, 0.15) is 37.7 Å². The van der Waals surface area contributed by atoms with Crippen LogP contribution in [0.25, 0.3) is 0 Å². The second-order valence-electron chi connectivity index (χ2n) is 6.27. The maximum Gasteiger partial charge on any atom is 0.0460 e. The van der Waals surface area contributed by atoms with Gasteiger partial charge in [0, 0.05) is 32.0 Å². The molecular formula is C18H30N2O2. The Balaban J connectivity index is 1.80. The van der Waals surface area contributed by atoms with E-state index < -0.39 is 0 Å². The molecule has 1 heterocycles. The Morgan fingerprint density at radius 3 is 2.55 bits per heavy atom. The summed E-state index contributed by atoms with van der Waals surface area (Å²) in [6, 6.07) is 8.54. The largest absolute Gasteiger partial charge is 0.396 e. The zero-order chi connectivity index (χ0) is 15.6. The summed E-state index contributed by atoms with van der Waals surface area (Å²) in [6.45, 7) is 4.73. The molecule has 0 spiro atoms. The van der Waals surface area contributed by atoms with Crippen LogP contribution in [0.3, 0.4) is 0 Å². The summed E-state index contributed by atoms with van der Waals surface area (Å²) >= 11 is 0. The topological polar surface area (TPSA) is 55.7 Å². The highest BCUT2D eigenvalue weighted by atomic mass is 16.3. The summed E-state index contributed by atoms with van der Waals surface area (Å²) in [7, 11) is 0. The maximum absolute atomic E-state index is 9.23. The highest BCUT2D eigenvalue weighted by Crippen LogP contribution is 2.22. The van der Waals surface area contributed by atoms with Gasteiger partial charge in [-0.2, -0.15) is 0 Å². The van der Waals surface area contributed by atoms with Crippen LogP contribution in [0.15, 0.2) is 24.3 Å². The predicted molar refractivity (Wildman–Crippen MR) is 91.0 cm³/mol. The van der Waals surface area contributed by atoms with Crippen LogP contribution in [0.5, 0.6) is 0 Å². The minimum absolute atomic E-state index is 0.292. The van der Waals surface area contributed by atoms with Crippen LogP contribution < -0.4 is 5.32 Å². The lowest BCUT2D eigenvalue weighted by Gasteiger charge is -2.31. The van der Waals surface area contributed by atoms with Gasteiger partial charge in [0.2, 0.25) is 0 Å². The van der Waals surface area contributed by atoms with Crippen LogP contribution in [0, 0.1) is 5.92 Å². The Morgan fingerprint density at radius 2 is 1.82 bits per heavy atom. The van der Waals surface area contributed by atoms with Crippen molar-refractivity contribution in [3.63, 3.8) is 0 Å². The molecule has 1 saturated heterocycles. The van der Waals surface area contributed by atoms with Gasteiger partial charge >= 0.3 is 0 Å². The fourth-order valence-electron chi connectivity index (χ4n) is 3.04. The Labute approximate surface area is 134 Å². The smallest absolute Gasteiger partial charge is 0.0460 e. The van der Waals surface area contributed by atoms with Crippen LogP contribution in [-0.4, -0.2) is 48.0 Å². The number of benzene rings is 1. The number of likely N-dealkylation sites (tertiary alicyclic amines) is 1. The zero-order valence-electron chi connectivity index (χ0n) is 13.5. The molecule has 0 saturated carbocycles. The minimum Gasteiger partial charge on any atom is -0.396 e. The first-order valence-corrected chi connectivity index (χ1v) is 8.59. The third-order valence-corrected chi connectivity index (χ3v) is 4.53. The Hall–Kier alpha value is -1.10. The molecule has 124 valence electrons. The lowest BCUT2D eigenvalue weighted by atomic mass is 9.97. The molecule has 1 aromatic rings. The lowest BCUT2D eigenvalue weighted by molar-refractivity contribution is 0.127. The summed E-state index contributed by atoms with van der Waals surface area (Å²) < 4.78 is 0. The summed E-state index contributed by atoms with van der Waals surface area (Å²) in [5, 5.41) is 21.6. The van der Waals surface area contributed by atoms with Gasteiger partial charge in [-0.3, -0.25) is 4.90 Å². The second kappa shape index (κ2) is 9.82. The monoisotopic (exact) mass is 306 g/mol. The number of aliphatic hydroxyl groups excluding tert-OH is 2. The van der Waals surface area contributed by atoms with Gasteiger partial charge in [-0.15, -0.1) is 0 Å². The molecule has 1 aromatic carbocycles. The first kappa shape index (κ1) is 17.3. The van der Waals surface area contributed by atoms with Crippen LogP contribution in [-0.2, 0) is 6.54 Å². The molecule has 0 aromatic heterocycles. The molecule has 1 aliphatic rings. The Kier molecular flexibility index (Phi) is 7.71. The molecule has 0 aliphatic carbocycles. The molecule has 4 heteroatoms. The summed E-state index contributed by atoms with van der Waals surface area (Å²) in [5.41, 5.74) is 2.59. The first-order valence-electron chi connectivity index (χ1n) is 8.59. The van der Waals surface area contributed by atoms with Crippen LogP contribution in [0.2, 0.25) is 0 Å². The average Bonchev–Trinajstić information content (AvgIpc) is 2.57. The van der Waals surface area contributed by atoms with E-state index in [9.17, 15) is 5.11 Å². The molecule has 0 radical (unpaired) electrons. The van der Waals surface area contributed by atoms with E-state index in [-0.39, 0.29) is 0 Å². The zero-order valence-corrected chi connectivity index (χ0v) is 13.5. The van der Waals surface area contributed by atoms with Crippen molar-refractivity contribution in [2.24, 2.45) is 5.92 Å². The molecule has 1 aliphatic heterocycles. The molecule has 0 unspecified atom stereocenters. The molecular weight excluding hydrogens is 276 g/mol. The van der Waals surface area contributed by atoms with Gasteiger partial charge in [0.25, 0.3) is 0 Å². The van der Waals surface area contributed by atoms with Crippen molar-refractivity contribution in [3.8, 4) is 0 Å².